The molecule has 1 saturated heterocycles. The number of hydrogen-bond donors (Lipinski definition) is 1. The highest BCUT2D eigenvalue weighted by molar-refractivity contribution is 14.1. The van der Waals surface area contributed by atoms with E-state index in [4.69, 9.17) is 0 Å². The number of rotatable bonds is 3. The van der Waals surface area contributed by atoms with Crippen LogP contribution in [0.4, 0.5) is 5.69 Å². The summed E-state index contributed by atoms with van der Waals surface area (Å²) in [6.45, 7) is 3.55. The van der Waals surface area contributed by atoms with Gasteiger partial charge in [0.15, 0.2) is 0 Å². The predicted octanol–water partition coefficient (Wildman–Crippen LogP) is 2.73. The number of halogens is 1. The molecule has 1 fully saturated rings. The van der Waals surface area contributed by atoms with Crippen LogP contribution in [0.3, 0.4) is 0 Å². The monoisotopic (exact) mass is 330 g/mol. The highest BCUT2D eigenvalue weighted by atomic mass is 127. The summed E-state index contributed by atoms with van der Waals surface area (Å²) in [5.74, 6) is 0.852. The van der Waals surface area contributed by atoms with E-state index in [0.29, 0.717) is 0 Å². The van der Waals surface area contributed by atoms with Crippen molar-refractivity contribution in [3.63, 3.8) is 0 Å². The molecule has 2 nitrogen and oxygen atoms in total. The average Bonchev–Trinajstić information content (AvgIpc) is 2.31. The molecule has 0 saturated carbocycles. The Morgan fingerprint density at radius 3 is 2.50 bits per heavy atom. The Bertz CT molecular complexity index is 317. The number of benzene rings is 1. The van der Waals surface area contributed by atoms with E-state index in [2.05, 4.69) is 64.1 Å². The summed E-state index contributed by atoms with van der Waals surface area (Å²) in [6, 6.07) is 8.77. The standard InChI is InChI=1S/C13H19IN2/c1-16(10-11-6-8-15-9-7-11)13-4-2-12(14)3-5-13/h2-5,11,15H,6-10H2,1H3. The van der Waals surface area contributed by atoms with Crippen LogP contribution in [0.5, 0.6) is 0 Å². The molecule has 0 radical (unpaired) electrons. The second kappa shape index (κ2) is 5.87. The van der Waals surface area contributed by atoms with Crippen molar-refractivity contribution in [2.24, 2.45) is 5.92 Å². The fraction of sp³-hybridized carbons (Fsp3) is 0.538. The molecule has 0 spiro atoms. The van der Waals surface area contributed by atoms with Gasteiger partial charge in [-0.05, 0) is 78.7 Å². The fourth-order valence-corrected chi connectivity index (χ4v) is 2.61. The molecule has 1 heterocycles. The van der Waals surface area contributed by atoms with Gasteiger partial charge < -0.3 is 10.2 Å². The van der Waals surface area contributed by atoms with E-state index in [-0.39, 0.29) is 0 Å². The molecule has 1 N–H and O–H groups in total. The van der Waals surface area contributed by atoms with Crippen molar-refractivity contribution >= 4 is 28.3 Å². The normalized spacial score (nSPS) is 17.4. The number of hydrogen-bond acceptors (Lipinski definition) is 2. The lowest BCUT2D eigenvalue weighted by Gasteiger charge is -2.28. The molecule has 3 heteroatoms. The van der Waals surface area contributed by atoms with Crippen molar-refractivity contribution in [1.82, 2.24) is 5.32 Å². The van der Waals surface area contributed by atoms with Gasteiger partial charge in [-0.15, -0.1) is 0 Å². The minimum atomic E-state index is 0.852. The maximum absolute atomic E-state index is 3.42. The molecule has 0 aliphatic carbocycles. The van der Waals surface area contributed by atoms with Crippen molar-refractivity contribution in [3.05, 3.63) is 27.8 Å². The molecule has 2 rings (SSSR count). The Balaban J connectivity index is 1.91. The first kappa shape index (κ1) is 12.2. The van der Waals surface area contributed by atoms with E-state index in [1.54, 1.807) is 0 Å². The van der Waals surface area contributed by atoms with Crippen molar-refractivity contribution in [1.29, 1.82) is 0 Å². The van der Waals surface area contributed by atoms with Crippen LogP contribution in [0, 0.1) is 9.49 Å². The van der Waals surface area contributed by atoms with E-state index in [9.17, 15) is 0 Å². The molecule has 0 atom stereocenters. The van der Waals surface area contributed by atoms with Gasteiger partial charge in [0.1, 0.15) is 0 Å². The van der Waals surface area contributed by atoms with Crippen molar-refractivity contribution in [2.75, 3.05) is 31.6 Å². The summed E-state index contributed by atoms with van der Waals surface area (Å²) in [4.78, 5) is 2.38. The molecule has 0 aromatic heterocycles. The van der Waals surface area contributed by atoms with Crippen LogP contribution in [0.25, 0.3) is 0 Å². The highest BCUT2D eigenvalue weighted by Crippen LogP contribution is 2.19. The average molecular weight is 330 g/mol. The zero-order valence-corrected chi connectivity index (χ0v) is 11.9. The van der Waals surface area contributed by atoms with Crippen LogP contribution < -0.4 is 10.2 Å². The number of anilines is 1. The van der Waals surface area contributed by atoms with Gasteiger partial charge >= 0.3 is 0 Å². The van der Waals surface area contributed by atoms with Gasteiger partial charge in [0.05, 0.1) is 0 Å². The minimum Gasteiger partial charge on any atom is -0.374 e. The summed E-state index contributed by atoms with van der Waals surface area (Å²) in [6.07, 6.45) is 2.63. The van der Waals surface area contributed by atoms with E-state index >= 15 is 0 Å². The third-order valence-corrected chi connectivity index (χ3v) is 3.98. The van der Waals surface area contributed by atoms with E-state index in [1.165, 1.54) is 41.7 Å². The van der Waals surface area contributed by atoms with Crippen LogP contribution in [0.15, 0.2) is 24.3 Å². The molecule has 1 aromatic carbocycles. The first-order valence-electron chi connectivity index (χ1n) is 5.93. The van der Waals surface area contributed by atoms with Gasteiger partial charge in [0.25, 0.3) is 0 Å². The molecular weight excluding hydrogens is 311 g/mol. The molecule has 1 aliphatic rings. The lowest BCUT2D eigenvalue weighted by Crippen LogP contribution is -2.34. The summed E-state index contributed by atoms with van der Waals surface area (Å²) in [7, 11) is 2.20. The third-order valence-electron chi connectivity index (χ3n) is 3.26. The Labute approximate surface area is 112 Å². The van der Waals surface area contributed by atoms with Crippen LogP contribution in [0.2, 0.25) is 0 Å². The number of piperidine rings is 1. The van der Waals surface area contributed by atoms with Gasteiger partial charge in [-0.25, -0.2) is 0 Å². The lowest BCUT2D eigenvalue weighted by atomic mass is 9.97. The van der Waals surface area contributed by atoms with Gasteiger partial charge in [-0.3, -0.25) is 0 Å². The topological polar surface area (TPSA) is 15.3 Å². The van der Waals surface area contributed by atoms with E-state index in [1.807, 2.05) is 0 Å². The summed E-state index contributed by atoms with van der Waals surface area (Å²) in [5, 5.41) is 3.42. The predicted molar refractivity (Wildman–Crippen MR) is 78.0 cm³/mol. The SMILES string of the molecule is CN(CC1CCNCC1)c1ccc(I)cc1. The van der Waals surface area contributed by atoms with Crippen molar-refractivity contribution in [3.8, 4) is 0 Å². The Morgan fingerprint density at radius 1 is 1.25 bits per heavy atom. The molecule has 0 amide bonds. The Morgan fingerprint density at radius 2 is 1.88 bits per heavy atom. The van der Waals surface area contributed by atoms with Crippen LogP contribution >= 0.6 is 22.6 Å². The van der Waals surface area contributed by atoms with Crippen LogP contribution in [-0.4, -0.2) is 26.7 Å². The lowest BCUT2D eigenvalue weighted by molar-refractivity contribution is 0.378. The van der Waals surface area contributed by atoms with Gasteiger partial charge in [-0.2, -0.15) is 0 Å². The number of nitrogens with one attached hydrogen (secondary N) is 1. The summed E-state index contributed by atoms with van der Waals surface area (Å²) in [5.41, 5.74) is 1.33. The Kier molecular flexibility index (Phi) is 4.46. The molecule has 0 bridgehead atoms. The second-order valence-corrected chi connectivity index (χ2v) is 5.80. The molecule has 0 unspecified atom stereocenters. The van der Waals surface area contributed by atoms with Gasteiger partial charge in [0, 0.05) is 22.8 Å². The smallest absolute Gasteiger partial charge is 0.0364 e. The zero-order chi connectivity index (χ0) is 11.4. The highest BCUT2D eigenvalue weighted by Gasteiger charge is 2.15. The molecule has 88 valence electrons. The first-order valence-corrected chi connectivity index (χ1v) is 7.01. The van der Waals surface area contributed by atoms with Gasteiger partial charge in [0.2, 0.25) is 0 Å². The summed E-state index contributed by atoms with van der Waals surface area (Å²) >= 11 is 2.35. The zero-order valence-electron chi connectivity index (χ0n) is 9.75. The van der Waals surface area contributed by atoms with Crippen LogP contribution in [0.1, 0.15) is 12.8 Å². The molecular formula is C13H19IN2. The maximum Gasteiger partial charge on any atom is 0.0364 e. The van der Waals surface area contributed by atoms with E-state index in [0.717, 1.165) is 5.92 Å². The second-order valence-electron chi connectivity index (χ2n) is 4.55. The number of nitrogens with zero attached hydrogens (tertiary/aromatic N) is 1. The van der Waals surface area contributed by atoms with Crippen LogP contribution in [-0.2, 0) is 0 Å². The minimum absolute atomic E-state index is 0.852. The fourth-order valence-electron chi connectivity index (χ4n) is 2.25. The van der Waals surface area contributed by atoms with E-state index < -0.39 is 0 Å². The quantitative estimate of drug-likeness (QED) is 0.858. The van der Waals surface area contributed by atoms with Crippen molar-refractivity contribution < 1.29 is 0 Å². The largest absolute Gasteiger partial charge is 0.374 e. The summed E-state index contributed by atoms with van der Waals surface area (Å²) < 4.78 is 1.30. The Hall–Kier alpha value is -0.290. The molecule has 16 heavy (non-hydrogen) atoms. The first-order chi connectivity index (χ1) is 7.75. The maximum atomic E-state index is 3.42. The molecule has 1 aromatic rings. The van der Waals surface area contributed by atoms with Gasteiger partial charge in [-0.1, -0.05) is 0 Å². The third kappa shape index (κ3) is 3.35. The molecule has 1 aliphatic heterocycles. The van der Waals surface area contributed by atoms with Crippen molar-refractivity contribution in [2.45, 2.75) is 12.8 Å².